The summed E-state index contributed by atoms with van der Waals surface area (Å²) in [4.78, 5) is 26.8. The van der Waals surface area contributed by atoms with Gasteiger partial charge < -0.3 is 9.64 Å². The number of nitrogens with zero attached hydrogens (tertiary/aromatic N) is 1. The lowest BCUT2D eigenvalue weighted by Gasteiger charge is -2.38. The Hall–Kier alpha value is -2.05. The molecule has 1 aromatic carbocycles. The SMILES string of the molecule is COC(=O)C1CCN(C(=O)C2(c3cccc(C(F)(F)F)c3)CCCC2)CC1. The van der Waals surface area contributed by atoms with Crippen LogP contribution in [0.1, 0.15) is 49.7 Å². The van der Waals surface area contributed by atoms with E-state index in [0.717, 1.165) is 25.0 Å². The van der Waals surface area contributed by atoms with Gasteiger partial charge in [-0.1, -0.05) is 31.0 Å². The van der Waals surface area contributed by atoms with Crippen molar-refractivity contribution in [3.63, 3.8) is 0 Å². The Labute approximate surface area is 156 Å². The molecule has 7 heteroatoms. The van der Waals surface area contributed by atoms with E-state index in [2.05, 4.69) is 0 Å². The average Bonchev–Trinajstić information content (AvgIpc) is 3.17. The number of carbonyl (C=O) groups is 2. The van der Waals surface area contributed by atoms with Gasteiger partial charge in [-0.2, -0.15) is 13.2 Å². The number of likely N-dealkylation sites (tertiary alicyclic amines) is 1. The zero-order valence-electron chi connectivity index (χ0n) is 15.3. The lowest BCUT2D eigenvalue weighted by molar-refractivity contribution is -0.150. The van der Waals surface area contributed by atoms with Crippen molar-refractivity contribution in [1.29, 1.82) is 0 Å². The van der Waals surface area contributed by atoms with Crippen molar-refractivity contribution in [2.75, 3.05) is 20.2 Å². The fourth-order valence-electron chi connectivity index (χ4n) is 4.39. The number of esters is 1. The van der Waals surface area contributed by atoms with Gasteiger partial charge in [0.2, 0.25) is 5.91 Å². The van der Waals surface area contributed by atoms with Crippen molar-refractivity contribution in [3.05, 3.63) is 35.4 Å². The first-order valence-electron chi connectivity index (χ1n) is 9.33. The number of halogens is 3. The molecule has 0 unspecified atom stereocenters. The summed E-state index contributed by atoms with van der Waals surface area (Å²) < 4.78 is 44.2. The number of alkyl halides is 3. The molecule has 1 aromatic rings. The van der Waals surface area contributed by atoms with Crippen LogP contribution in [0, 0.1) is 5.92 Å². The van der Waals surface area contributed by atoms with Crippen LogP contribution in [0.25, 0.3) is 0 Å². The quantitative estimate of drug-likeness (QED) is 0.743. The number of carbonyl (C=O) groups excluding carboxylic acids is 2. The first kappa shape index (κ1) is 19.7. The minimum Gasteiger partial charge on any atom is -0.469 e. The first-order valence-corrected chi connectivity index (χ1v) is 9.33. The van der Waals surface area contributed by atoms with E-state index in [1.165, 1.54) is 13.2 Å². The van der Waals surface area contributed by atoms with Crippen LogP contribution in [-0.4, -0.2) is 37.0 Å². The summed E-state index contributed by atoms with van der Waals surface area (Å²) in [5.74, 6) is -0.592. The lowest BCUT2D eigenvalue weighted by Crippen LogP contribution is -2.49. The Morgan fingerprint density at radius 1 is 1.15 bits per heavy atom. The van der Waals surface area contributed by atoms with Crippen molar-refractivity contribution in [3.8, 4) is 0 Å². The highest BCUT2D eigenvalue weighted by Gasteiger charge is 2.46. The highest BCUT2D eigenvalue weighted by molar-refractivity contribution is 5.89. The predicted molar refractivity (Wildman–Crippen MR) is 92.9 cm³/mol. The fraction of sp³-hybridized carbons (Fsp3) is 0.600. The van der Waals surface area contributed by atoms with E-state index in [-0.39, 0.29) is 17.8 Å². The predicted octanol–water partition coefficient (Wildman–Crippen LogP) is 3.93. The van der Waals surface area contributed by atoms with E-state index in [1.54, 1.807) is 11.0 Å². The molecule has 0 bridgehead atoms. The zero-order valence-corrected chi connectivity index (χ0v) is 15.3. The lowest BCUT2D eigenvalue weighted by atomic mass is 9.76. The number of hydrogen-bond acceptors (Lipinski definition) is 3. The summed E-state index contributed by atoms with van der Waals surface area (Å²) >= 11 is 0. The molecule has 27 heavy (non-hydrogen) atoms. The molecule has 4 nitrogen and oxygen atoms in total. The minimum absolute atomic E-state index is 0.109. The number of rotatable bonds is 3. The third-order valence-electron chi connectivity index (χ3n) is 5.93. The molecule has 0 radical (unpaired) electrons. The van der Waals surface area contributed by atoms with Crippen molar-refractivity contribution in [2.45, 2.75) is 50.1 Å². The molecule has 1 saturated heterocycles. The standard InChI is InChI=1S/C20H24F3NO3/c1-27-17(25)14-7-11-24(12-8-14)18(26)19(9-2-3-10-19)15-5-4-6-16(13-15)20(21,22)23/h4-6,13-14H,2-3,7-12H2,1H3. The van der Waals surface area contributed by atoms with Crippen LogP contribution < -0.4 is 0 Å². The molecular formula is C20H24F3NO3. The van der Waals surface area contributed by atoms with Gasteiger partial charge >= 0.3 is 12.1 Å². The third kappa shape index (κ3) is 3.82. The van der Waals surface area contributed by atoms with Crippen LogP contribution in [0.15, 0.2) is 24.3 Å². The number of ether oxygens (including phenoxy) is 1. The minimum atomic E-state index is -4.43. The molecule has 0 N–H and O–H groups in total. The maximum absolute atomic E-state index is 13.4. The van der Waals surface area contributed by atoms with Gasteiger partial charge in [-0.05, 0) is 37.3 Å². The number of piperidine rings is 1. The Morgan fingerprint density at radius 2 is 1.78 bits per heavy atom. The third-order valence-corrected chi connectivity index (χ3v) is 5.93. The summed E-state index contributed by atoms with van der Waals surface area (Å²) in [7, 11) is 1.35. The van der Waals surface area contributed by atoms with Crippen LogP contribution in [-0.2, 0) is 25.9 Å². The van der Waals surface area contributed by atoms with E-state index < -0.39 is 17.2 Å². The maximum atomic E-state index is 13.4. The van der Waals surface area contributed by atoms with E-state index in [4.69, 9.17) is 4.74 Å². The molecule has 0 atom stereocenters. The van der Waals surface area contributed by atoms with Gasteiger partial charge in [-0.25, -0.2) is 0 Å². The first-order chi connectivity index (χ1) is 12.8. The molecule has 2 fully saturated rings. The van der Waals surface area contributed by atoms with Gasteiger partial charge in [0.25, 0.3) is 0 Å². The number of hydrogen-bond donors (Lipinski definition) is 0. The van der Waals surface area contributed by atoms with E-state index in [1.807, 2.05) is 0 Å². The number of amides is 1. The fourth-order valence-corrected chi connectivity index (χ4v) is 4.39. The molecular weight excluding hydrogens is 359 g/mol. The molecule has 1 heterocycles. The molecule has 0 spiro atoms. The Balaban J connectivity index is 1.83. The molecule has 148 valence electrons. The van der Waals surface area contributed by atoms with Crippen molar-refractivity contribution in [1.82, 2.24) is 4.90 Å². The summed E-state index contributed by atoms with van der Waals surface area (Å²) in [5, 5.41) is 0. The molecule has 0 aromatic heterocycles. The van der Waals surface area contributed by atoms with Crippen LogP contribution >= 0.6 is 0 Å². The summed E-state index contributed by atoms with van der Waals surface area (Å²) in [5.41, 5.74) is -1.15. The maximum Gasteiger partial charge on any atom is 0.416 e. The highest BCUT2D eigenvalue weighted by atomic mass is 19.4. The highest BCUT2D eigenvalue weighted by Crippen LogP contribution is 2.44. The average molecular weight is 383 g/mol. The van der Waals surface area contributed by atoms with Gasteiger partial charge in [0.15, 0.2) is 0 Å². The molecule has 1 saturated carbocycles. The number of benzene rings is 1. The second-order valence-electron chi connectivity index (χ2n) is 7.46. The molecule has 1 amide bonds. The smallest absolute Gasteiger partial charge is 0.416 e. The molecule has 3 rings (SSSR count). The van der Waals surface area contributed by atoms with Gasteiger partial charge in [-0.15, -0.1) is 0 Å². The van der Waals surface area contributed by atoms with Gasteiger partial charge in [0, 0.05) is 13.1 Å². The topological polar surface area (TPSA) is 46.6 Å². The van der Waals surface area contributed by atoms with E-state index in [0.29, 0.717) is 44.3 Å². The van der Waals surface area contributed by atoms with Crippen LogP contribution in [0.4, 0.5) is 13.2 Å². The van der Waals surface area contributed by atoms with Gasteiger partial charge in [-0.3, -0.25) is 9.59 Å². The van der Waals surface area contributed by atoms with Crippen LogP contribution in [0.2, 0.25) is 0 Å². The van der Waals surface area contributed by atoms with Crippen LogP contribution in [0.5, 0.6) is 0 Å². The van der Waals surface area contributed by atoms with Gasteiger partial charge in [0.1, 0.15) is 0 Å². The largest absolute Gasteiger partial charge is 0.469 e. The summed E-state index contributed by atoms with van der Waals surface area (Å²) in [6.07, 6.45) is -0.624. The molecule has 2 aliphatic rings. The van der Waals surface area contributed by atoms with E-state index in [9.17, 15) is 22.8 Å². The van der Waals surface area contributed by atoms with E-state index >= 15 is 0 Å². The Bertz CT molecular complexity index is 703. The van der Waals surface area contributed by atoms with Crippen LogP contribution in [0.3, 0.4) is 0 Å². The second-order valence-corrected chi connectivity index (χ2v) is 7.46. The van der Waals surface area contributed by atoms with Crippen molar-refractivity contribution < 1.29 is 27.5 Å². The summed E-state index contributed by atoms with van der Waals surface area (Å²) in [6, 6.07) is 5.19. The Morgan fingerprint density at radius 3 is 2.33 bits per heavy atom. The summed E-state index contributed by atoms with van der Waals surface area (Å²) in [6.45, 7) is 0.860. The second kappa shape index (κ2) is 7.52. The molecule has 1 aliphatic heterocycles. The normalized spacial score (nSPS) is 20.5. The molecule has 1 aliphatic carbocycles. The monoisotopic (exact) mass is 383 g/mol. The van der Waals surface area contributed by atoms with Gasteiger partial charge in [0.05, 0.1) is 24.0 Å². The van der Waals surface area contributed by atoms with Crippen molar-refractivity contribution >= 4 is 11.9 Å². The van der Waals surface area contributed by atoms with Crippen molar-refractivity contribution in [2.24, 2.45) is 5.92 Å². The zero-order chi connectivity index (χ0) is 19.7. The number of methoxy groups -OCH3 is 1. The Kier molecular flexibility index (Phi) is 5.49.